The number of nitrogens with zero attached hydrogens (tertiary/aromatic N) is 3. The van der Waals surface area contributed by atoms with E-state index in [9.17, 15) is 21.6 Å². The summed E-state index contributed by atoms with van der Waals surface area (Å²) in [5.41, 5.74) is -2.80. The van der Waals surface area contributed by atoms with Crippen molar-refractivity contribution in [1.29, 1.82) is 0 Å². The Labute approximate surface area is 190 Å². The van der Waals surface area contributed by atoms with E-state index >= 15 is 0 Å². The molecule has 0 fully saturated rings. The quantitative estimate of drug-likeness (QED) is 0.165. The van der Waals surface area contributed by atoms with Crippen LogP contribution >= 0.6 is 11.8 Å². The molecule has 7 nitrogen and oxygen atoms in total. The monoisotopic (exact) mass is 495 g/mol. The van der Waals surface area contributed by atoms with Gasteiger partial charge < -0.3 is 9.62 Å². The topological polar surface area (TPSA) is 106 Å². The lowest BCUT2D eigenvalue weighted by molar-refractivity contribution is -0.0328. The highest BCUT2D eigenvalue weighted by Gasteiger charge is 2.30. The zero-order valence-corrected chi connectivity index (χ0v) is 18.8. The molecule has 2 aromatic carbocycles. The number of oxazole rings is 1. The maximum absolute atomic E-state index is 12.8. The standard InChI is InChI=1S/C21H16F3N3O4S2/c1-3-33(29,30)18-9-13-8-12(11(2)27-28)4-6-15(13)25-19(18)20-26-16-10-14(32-21(22,23)24)5-7-17(16)31-20/h4-10,28H,3H2,1-2H3. The molecule has 0 spiro atoms. The largest absolute Gasteiger partial charge is 0.446 e. The zero-order valence-electron chi connectivity index (χ0n) is 17.2. The van der Waals surface area contributed by atoms with Crippen LogP contribution in [-0.2, 0) is 9.84 Å². The molecular formula is C21H16F3N3O4S2. The van der Waals surface area contributed by atoms with Crippen molar-refractivity contribution in [3.63, 3.8) is 0 Å². The van der Waals surface area contributed by atoms with Crippen LogP contribution in [0.25, 0.3) is 33.6 Å². The molecule has 1 N–H and O–H groups in total. The van der Waals surface area contributed by atoms with Crippen molar-refractivity contribution in [3.8, 4) is 11.6 Å². The highest BCUT2D eigenvalue weighted by Crippen LogP contribution is 2.39. The van der Waals surface area contributed by atoms with E-state index in [-0.39, 0.29) is 50.0 Å². The number of oxime groups is 1. The van der Waals surface area contributed by atoms with Crippen molar-refractivity contribution in [3.05, 3.63) is 48.0 Å². The fourth-order valence-corrected chi connectivity index (χ4v) is 4.81. The number of aromatic nitrogens is 2. The van der Waals surface area contributed by atoms with Gasteiger partial charge in [-0.1, -0.05) is 18.1 Å². The number of rotatable bonds is 5. The van der Waals surface area contributed by atoms with Crippen LogP contribution in [0.1, 0.15) is 19.4 Å². The number of fused-ring (bicyclic) bond motifs is 2. The van der Waals surface area contributed by atoms with Gasteiger partial charge in [0.1, 0.15) is 11.2 Å². The predicted octanol–water partition coefficient (Wildman–Crippen LogP) is 5.65. The summed E-state index contributed by atoms with van der Waals surface area (Å²) in [6.07, 6.45) is 0. The summed E-state index contributed by atoms with van der Waals surface area (Å²) < 4.78 is 69.5. The molecule has 0 saturated heterocycles. The van der Waals surface area contributed by atoms with E-state index in [4.69, 9.17) is 9.62 Å². The summed E-state index contributed by atoms with van der Waals surface area (Å²) in [6, 6.07) is 10.2. The second-order valence-corrected chi connectivity index (χ2v) is 10.4. The van der Waals surface area contributed by atoms with Gasteiger partial charge in [0.25, 0.3) is 0 Å². The molecular weight excluding hydrogens is 479 g/mol. The van der Waals surface area contributed by atoms with Crippen LogP contribution < -0.4 is 0 Å². The molecule has 4 rings (SSSR count). The Morgan fingerprint density at radius 1 is 1.12 bits per heavy atom. The van der Waals surface area contributed by atoms with Gasteiger partial charge in [0.15, 0.2) is 15.4 Å². The minimum Gasteiger partial charge on any atom is -0.435 e. The van der Waals surface area contributed by atoms with E-state index in [0.29, 0.717) is 22.2 Å². The number of benzene rings is 2. The Hall–Kier alpha value is -3.12. The molecule has 0 radical (unpaired) electrons. The average Bonchev–Trinajstić information content (AvgIpc) is 3.19. The Morgan fingerprint density at radius 3 is 2.55 bits per heavy atom. The lowest BCUT2D eigenvalue weighted by Gasteiger charge is -2.09. The van der Waals surface area contributed by atoms with Crippen molar-refractivity contribution < 1.29 is 31.2 Å². The van der Waals surface area contributed by atoms with Gasteiger partial charge >= 0.3 is 5.51 Å². The fraction of sp³-hybridized carbons (Fsp3) is 0.190. The second-order valence-electron chi connectivity index (χ2n) is 7.03. The van der Waals surface area contributed by atoms with Crippen molar-refractivity contribution >= 4 is 49.3 Å². The van der Waals surface area contributed by atoms with Gasteiger partial charge in [0, 0.05) is 10.3 Å². The molecule has 0 unspecified atom stereocenters. The number of hydrogen-bond acceptors (Lipinski definition) is 8. The number of alkyl halides is 3. The first-order valence-electron chi connectivity index (χ1n) is 9.54. The lowest BCUT2D eigenvalue weighted by Crippen LogP contribution is -2.07. The lowest BCUT2D eigenvalue weighted by atomic mass is 10.1. The van der Waals surface area contributed by atoms with Crippen LogP contribution in [0.4, 0.5) is 13.2 Å². The van der Waals surface area contributed by atoms with Gasteiger partial charge in [-0.3, -0.25) is 0 Å². The molecule has 0 atom stereocenters. The summed E-state index contributed by atoms with van der Waals surface area (Å²) in [5.74, 6) is -0.332. The number of thioether (sulfide) groups is 1. The summed E-state index contributed by atoms with van der Waals surface area (Å²) >= 11 is -0.282. The van der Waals surface area contributed by atoms with Gasteiger partial charge in [-0.25, -0.2) is 18.4 Å². The van der Waals surface area contributed by atoms with Crippen molar-refractivity contribution in [2.75, 3.05) is 5.75 Å². The molecule has 33 heavy (non-hydrogen) atoms. The predicted molar refractivity (Wildman–Crippen MR) is 118 cm³/mol. The molecule has 2 heterocycles. The van der Waals surface area contributed by atoms with E-state index in [1.165, 1.54) is 31.2 Å². The first kappa shape index (κ1) is 23.1. The normalized spacial score (nSPS) is 13.2. The van der Waals surface area contributed by atoms with E-state index in [0.717, 1.165) is 0 Å². The second kappa shape index (κ2) is 8.34. The smallest absolute Gasteiger partial charge is 0.435 e. The SMILES string of the molecule is CCS(=O)(=O)c1cc2cc(C(C)=NO)ccc2nc1-c1nc2cc(SC(F)(F)F)ccc2o1. The molecule has 0 aliphatic rings. The molecule has 172 valence electrons. The summed E-state index contributed by atoms with van der Waals surface area (Å²) in [5, 5.41) is 12.7. The van der Waals surface area contributed by atoms with Crippen LogP contribution in [0.3, 0.4) is 0 Å². The zero-order chi connectivity index (χ0) is 24.0. The molecule has 12 heteroatoms. The summed E-state index contributed by atoms with van der Waals surface area (Å²) in [7, 11) is -3.77. The van der Waals surface area contributed by atoms with Gasteiger partial charge in [-0.15, -0.1) is 0 Å². The van der Waals surface area contributed by atoms with Crippen LogP contribution in [0.2, 0.25) is 0 Å². The Kier molecular flexibility index (Phi) is 5.83. The van der Waals surface area contributed by atoms with E-state index < -0.39 is 15.3 Å². The Balaban J connectivity index is 1.91. The highest BCUT2D eigenvalue weighted by atomic mass is 32.2. The fourth-order valence-electron chi connectivity index (χ4n) is 3.19. The van der Waals surface area contributed by atoms with Gasteiger partial charge in [0.05, 0.1) is 21.9 Å². The highest BCUT2D eigenvalue weighted by molar-refractivity contribution is 8.00. The van der Waals surface area contributed by atoms with Crippen LogP contribution in [-0.4, -0.2) is 40.6 Å². The van der Waals surface area contributed by atoms with E-state index in [1.54, 1.807) is 25.1 Å². The first-order valence-corrected chi connectivity index (χ1v) is 12.0. The van der Waals surface area contributed by atoms with E-state index in [1.807, 2.05) is 0 Å². The van der Waals surface area contributed by atoms with Crippen molar-refractivity contribution in [2.45, 2.75) is 29.1 Å². The molecule has 0 aliphatic carbocycles. The first-order chi connectivity index (χ1) is 15.5. The van der Waals surface area contributed by atoms with Gasteiger partial charge in [0.2, 0.25) is 5.89 Å². The van der Waals surface area contributed by atoms with Crippen molar-refractivity contribution in [1.82, 2.24) is 9.97 Å². The number of hydrogen-bond donors (Lipinski definition) is 1. The third-order valence-corrected chi connectivity index (χ3v) is 7.32. The van der Waals surface area contributed by atoms with Crippen LogP contribution in [0.5, 0.6) is 0 Å². The number of halogens is 3. The average molecular weight is 496 g/mol. The Morgan fingerprint density at radius 2 is 1.88 bits per heavy atom. The van der Waals surface area contributed by atoms with Crippen LogP contribution in [0.15, 0.2) is 61.8 Å². The van der Waals surface area contributed by atoms with Gasteiger partial charge in [-0.2, -0.15) is 13.2 Å². The third-order valence-electron chi connectivity index (χ3n) is 4.86. The Bertz CT molecular complexity index is 1510. The van der Waals surface area contributed by atoms with E-state index in [2.05, 4.69) is 15.1 Å². The molecule has 2 aromatic heterocycles. The molecule has 0 saturated carbocycles. The number of sulfone groups is 1. The maximum atomic E-state index is 12.8. The van der Waals surface area contributed by atoms with Gasteiger partial charge in [-0.05, 0) is 60.6 Å². The van der Waals surface area contributed by atoms with Crippen molar-refractivity contribution in [2.24, 2.45) is 5.16 Å². The maximum Gasteiger partial charge on any atom is 0.446 e. The number of pyridine rings is 1. The molecule has 0 amide bonds. The van der Waals surface area contributed by atoms with Crippen LogP contribution in [0, 0.1) is 0 Å². The molecule has 4 aromatic rings. The molecule has 0 bridgehead atoms. The third kappa shape index (κ3) is 4.67. The summed E-state index contributed by atoms with van der Waals surface area (Å²) in [6.45, 7) is 3.07. The molecule has 0 aliphatic heterocycles. The minimum absolute atomic E-state index is 0.0362. The summed E-state index contributed by atoms with van der Waals surface area (Å²) in [4.78, 5) is 8.47. The minimum atomic E-state index is -4.46.